The minimum Gasteiger partial charge on any atom is -0.447 e. The van der Waals surface area contributed by atoms with Crippen molar-refractivity contribution in [2.24, 2.45) is 0 Å². The van der Waals surface area contributed by atoms with Crippen molar-refractivity contribution < 1.29 is 43.5 Å². The molecule has 0 saturated carbocycles. The van der Waals surface area contributed by atoms with Crippen LogP contribution < -0.4 is 10.6 Å². The third-order valence-corrected chi connectivity index (χ3v) is 3.91. The van der Waals surface area contributed by atoms with Crippen LogP contribution in [0.1, 0.15) is 0 Å². The molecule has 3 rings (SSSR count). The summed E-state index contributed by atoms with van der Waals surface area (Å²) in [4.78, 5) is 35.6. The molecule has 30 heavy (non-hydrogen) atoms. The topological polar surface area (TPSA) is 159 Å². The number of nitrogens with zero attached hydrogens (tertiary/aromatic N) is 2. The number of hydrogen-bond donors (Lipinski definition) is 4. The van der Waals surface area contributed by atoms with E-state index in [0.29, 0.717) is 39.4 Å². The van der Waals surface area contributed by atoms with Crippen molar-refractivity contribution in [2.75, 3.05) is 92.0 Å². The fourth-order valence-electron chi connectivity index (χ4n) is 2.42. The fourth-order valence-corrected chi connectivity index (χ4v) is 2.42. The zero-order chi connectivity index (χ0) is 22.0. The summed E-state index contributed by atoms with van der Waals surface area (Å²) < 4.78 is 18.1. The summed E-state index contributed by atoms with van der Waals surface area (Å²) in [5.74, 6) is 0. The molecule has 0 spiro atoms. The number of rotatable bonds is 4. The zero-order valence-electron chi connectivity index (χ0n) is 17.0. The molecule has 3 aliphatic heterocycles. The van der Waals surface area contributed by atoms with Gasteiger partial charge in [0.1, 0.15) is 26.4 Å². The highest BCUT2D eigenvalue weighted by Crippen LogP contribution is 2.05. The number of piperazine rings is 2. The Bertz CT molecular complexity index is 450. The highest BCUT2D eigenvalue weighted by Gasteiger charge is 2.25. The minimum atomic E-state index is -0.546. The van der Waals surface area contributed by atoms with Gasteiger partial charge in [0.05, 0.1) is 13.2 Å². The van der Waals surface area contributed by atoms with E-state index in [1.165, 1.54) is 9.80 Å². The van der Waals surface area contributed by atoms with Gasteiger partial charge in [-0.25, -0.2) is 14.4 Å². The van der Waals surface area contributed by atoms with Gasteiger partial charge in [-0.2, -0.15) is 0 Å². The summed E-state index contributed by atoms with van der Waals surface area (Å²) >= 11 is 0. The Hall–Kier alpha value is -2.35. The number of cyclic esters (lactones) is 2. The Morgan fingerprint density at radius 3 is 1.40 bits per heavy atom. The van der Waals surface area contributed by atoms with Crippen molar-refractivity contribution in [1.29, 1.82) is 0 Å². The van der Waals surface area contributed by atoms with Gasteiger partial charge in [-0.15, -0.1) is 0 Å². The highest BCUT2D eigenvalue weighted by atomic mass is 16.8. The summed E-state index contributed by atoms with van der Waals surface area (Å²) in [6.07, 6.45) is -1.53. The van der Waals surface area contributed by atoms with Crippen LogP contribution in [0.25, 0.3) is 0 Å². The molecule has 3 fully saturated rings. The van der Waals surface area contributed by atoms with Crippen molar-refractivity contribution in [3.63, 3.8) is 0 Å². The average Bonchev–Trinajstić information content (AvgIpc) is 3.29. The average molecular weight is 436 g/mol. The number of amides is 2. The SMILES string of the molecule is C1CNCCN1.O=C(OCCO)N1CCN(C(=O)OCCO)CC1.O=C1OCCO1. The molecule has 0 aromatic carbocycles. The van der Waals surface area contributed by atoms with Crippen LogP contribution in [0, 0.1) is 0 Å². The molecule has 2 amide bonds. The van der Waals surface area contributed by atoms with Crippen molar-refractivity contribution in [3.05, 3.63) is 0 Å². The van der Waals surface area contributed by atoms with E-state index in [4.69, 9.17) is 19.7 Å². The van der Waals surface area contributed by atoms with Crippen LogP contribution in [-0.4, -0.2) is 130 Å². The van der Waals surface area contributed by atoms with Crippen molar-refractivity contribution in [2.45, 2.75) is 0 Å². The molecule has 4 N–H and O–H groups in total. The quantitative estimate of drug-likeness (QED) is 0.291. The van der Waals surface area contributed by atoms with E-state index in [-0.39, 0.29) is 26.4 Å². The third-order valence-electron chi connectivity index (χ3n) is 3.91. The molecule has 0 bridgehead atoms. The summed E-state index contributed by atoms with van der Waals surface area (Å²) in [5, 5.41) is 23.5. The van der Waals surface area contributed by atoms with Gasteiger partial charge in [-0.05, 0) is 0 Å². The maximum atomic E-state index is 11.4. The van der Waals surface area contributed by atoms with Gasteiger partial charge in [0.15, 0.2) is 0 Å². The van der Waals surface area contributed by atoms with E-state index >= 15 is 0 Å². The predicted octanol–water partition coefficient (Wildman–Crippen LogP) is -1.81. The summed E-state index contributed by atoms with van der Waals surface area (Å²) in [6, 6.07) is 0. The molecular formula is C17H32N4O9. The summed E-state index contributed by atoms with van der Waals surface area (Å²) in [6.45, 7) is 6.35. The maximum Gasteiger partial charge on any atom is 0.508 e. The monoisotopic (exact) mass is 436 g/mol. The second kappa shape index (κ2) is 16.4. The molecule has 3 saturated heterocycles. The number of hydrogen-bond acceptors (Lipinski definition) is 11. The Morgan fingerprint density at radius 2 is 1.17 bits per heavy atom. The van der Waals surface area contributed by atoms with Gasteiger partial charge >= 0.3 is 18.3 Å². The minimum absolute atomic E-state index is 0.0302. The van der Waals surface area contributed by atoms with Gasteiger partial charge < -0.3 is 49.6 Å². The first-order valence-electron chi connectivity index (χ1n) is 9.84. The Kier molecular flexibility index (Phi) is 14.1. The second-order valence-corrected chi connectivity index (χ2v) is 6.10. The van der Waals surface area contributed by atoms with E-state index in [2.05, 4.69) is 20.1 Å². The fraction of sp³-hybridized carbons (Fsp3) is 0.824. The molecule has 13 nitrogen and oxygen atoms in total. The normalized spacial score (nSPS) is 18.0. The molecule has 0 unspecified atom stereocenters. The Labute approximate surface area is 175 Å². The predicted molar refractivity (Wildman–Crippen MR) is 103 cm³/mol. The van der Waals surface area contributed by atoms with Crippen LogP contribution in [-0.2, 0) is 18.9 Å². The lowest BCUT2D eigenvalue weighted by atomic mass is 10.3. The van der Waals surface area contributed by atoms with Crippen LogP contribution >= 0.6 is 0 Å². The zero-order valence-corrected chi connectivity index (χ0v) is 17.0. The molecule has 3 aliphatic rings. The number of nitrogens with one attached hydrogen (secondary N) is 2. The first-order chi connectivity index (χ1) is 14.6. The molecule has 3 heterocycles. The lowest BCUT2D eigenvalue weighted by Gasteiger charge is -2.33. The standard InChI is InChI=1S/C10H18N2O6.C4H10N2.C3H4O3/c13-5-7-17-9(15)11-1-2-12(4-3-11)10(16)18-8-6-14;1-2-6-4-3-5-1;4-3-5-1-2-6-3/h13-14H,1-8H2;5-6H,1-4H2;1-2H2. The molecule has 0 aromatic rings. The van der Waals surface area contributed by atoms with E-state index in [9.17, 15) is 14.4 Å². The molecule has 0 radical (unpaired) electrons. The molecule has 0 aromatic heterocycles. The number of ether oxygens (including phenoxy) is 4. The van der Waals surface area contributed by atoms with Gasteiger partial charge in [0, 0.05) is 52.4 Å². The smallest absolute Gasteiger partial charge is 0.447 e. The summed E-state index contributed by atoms with van der Waals surface area (Å²) in [5.41, 5.74) is 0. The van der Waals surface area contributed by atoms with Crippen LogP contribution in [0.2, 0.25) is 0 Å². The number of carbonyl (C=O) groups is 3. The molecular weight excluding hydrogens is 404 g/mol. The van der Waals surface area contributed by atoms with Gasteiger partial charge in [0.25, 0.3) is 0 Å². The van der Waals surface area contributed by atoms with Crippen molar-refractivity contribution >= 4 is 18.3 Å². The summed E-state index contributed by atoms with van der Waals surface area (Å²) in [7, 11) is 0. The van der Waals surface area contributed by atoms with Gasteiger partial charge in [0.2, 0.25) is 0 Å². The van der Waals surface area contributed by atoms with E-state index in [1.54, 1.807) is 0 Å². The van der Waals surface area contributed by atoms with Crippen LogP contribution in [0.5, 0.6) is 0 Å². The number of aliphatic hydroxyl groups excluding tert-OH is 2. The highest BCUT2D eigenvalue weighted by molar-refractivity contribution is 5.70. The Morgan fingerprint density at radius 1 is 0.800 bits per heavy atom. The molecule has 0 aliphatic carbocycles. The maximum absolute atomic E-state index is 11.4. The van der Waals surface area contributed by atoms with Crippen molar-refractivity contribution in [1.82, 2.24) is 20.4 Å². The van der Waals surface area contributed by atoms with Gasteiger partial charge in [-0.1, -0.05) is 0 Å². The van der Waals surface area contributed by atoms with Gasteiger partial charge in [-0.3, -0.25) is 0 Å². The lowest BCUT2D eigenvalue weighted by Crippen LogP contribution is -2.51. The van der Waals surface area contributed by atoms with E-state index in [1.807, 2.05) is 0 Å². The van der Waals surface area contributed by atoms with Crippen LogP contribution in [0.4, 0.5) is 14.4 Å². The number of carbonyl (C=O) groups excluding carboxylic acids is 3. The number of aliphatic hydroxyl groups is 2. The largest absolute Gasteiger partial charge is 0.508 e. The van der Waals surface area contributed by atoms with E-state index < -0.39 is 18.3 Å². The lowest BCUT2D eigenvalue weighted by molar-refractivity contribution is 0.0494. The van der Waals surface area contributed by atoms with Crippen LogP contribution in [0.3, 0.4) is 0 Å². The first-order valence-corrected chi connectivity index (χ1v) is 9.84. The Balaban J connectivity index is 0.000000300. The second-order valence-electron chi connectivity index (χ2n) is 6.10. The van der Waals surface area contributed by atoms with Crippen LogP contribution in [0.15, 0.2) is 0 Å². The van der Waals surface area contributed by atoms with E-state index in [0.717, 1.165) is 26.2 Å². The first kappa shape index (κ1) is 25.7. The molecule has 13 heteroatoms. The molecule has 0 atom stereocenters. The molecule has 174 valence electrons. The third kappa shape index (κ3) is 11.6. The van der Waals surface area contributed by atoms with Crippen molar-refractivity contribution in [3.8, 4) is 0 Å².